The first-order valence-corrected chi connectivity index (χ1v) is 7.38. The number of Topliss-reactive ketones (excluding diaryl/α,β-unsaturated/α-hetero) is 1. The van der Waals surface area contributed by atoms with Gasteiger partial charge in [-0.15, -0.1) is 0 Å². The lowest BCUT2D eigenvalue weighted by Gasteiger charge is -2.26. The third-order valence-electron chi connectivity index (χ3n) is 5.16. The highest BCUT2D eigenvalue weighted by Crippen LogP contribution is 2.48. The Labute approximate surface area is 118 Å². The number of hydrogen-bond donors (Lipinski definition) is 1. The van der Waals surface area contributed by atoms with Crippen molar-refractivity contribution >= 4 is 16.7 Å². The quantitative estimate of drug-likeness (QED) is 0.850. The molecule has 1 aromatic heterocycles. The van der Waals surface area contributed by atoms with Gasteiger partial charge in [0.15, 0.2) is 5.78 Å². The van der Waals surface area contributed by atoms with Crippen LogP contribution in [0.4, 0.5) is 0 Å². The van der Waals surface area contributed by atoms with Crippen LogP contribution in [0.1, 0.15) is 29.6 Å². The van der Waals surface area contributed by atoms with Crippen LogP contribution >= 0.6 is 0 Å². The van der Waals surface area contributed by atoms with Gasteiger partial charge >= 0.3 is 0 Å². The molecule has 4 atom stereocenters. The first-order chi connectivity index (χ1) is 9.74. The first kappa shape index (κ1) is 12.0. The molecule has 3 nitrogen and oxygen atoms in total. The molecule has 3 heteroatoms. The van der Waals surface area contributed by atoms with Crippen molar-refractivity contribution in [2.75, 3.05) is 0 Å². The second-order valence-electron chi connectivity index (χ2n) is 6.22. The average molecular weight is 266 g/mol. The van der Waals surface area contributed by atoms with Gasteiger partial charge in [0.2, 0.25) is 0 Å². The van der Waals surface area contributed by atoms with E-state index in [-0.39, 0.29) is 17.7 Å². The summed E-state index contributed by atoms with van der Waals surface area (Å²) in [5.41, 5.74) is 7.92. The maximum absolute atomic E-state index is 12.8. The van der Waals surface area contributed by atoms with Crippen LogP contribution in [0.15, 0.2) is 36.5 Å². The van der Waals surface area contributed by atoms with Crippen molar-refractivity contribution in [3.8, 4) is 0 Å². The summed E-state index contributed by atoms with van der Waals surface area (Å²) in [5, 5.41) is 1.02. The van der Waals surface area contributed by atoms with Crippen molar-refractivity contribution in [3.63, 3.8) is 0 Å². The minimum absolute atomic E-state index is 0.0108. The number of nitrogens with zero attached hydrogens (tertiary/aromatic N) is 1. The van der Waals surface area contributed by atoms with Gasteiger partial charge in [0, 0.05) is 29.1 Å². The minimum atomic E-state index is 0.0108. The van der Waals surface area contributed by atoms with Crippen molar-refractivity contribution < 1.29 is 4.79 Å². The highest BCUT2D eigenvalue weighted by Gasteiger charge is 2.49. The Bertz CT molecular complexity index is 679. The van der Waals surface area contributed by atoms with E-state index in [1.54, 1.807) is 6.20 Å². The third-order valence-corrected chi connectivity index (χ3v) is 5.16. The highest BCUT2D eigenvalue weighted by molar-refractivity contribution is 6.01. The van der Waals surface area contributed by atoms with Gasteiger partial charge in [0.05, 0.1) is 5.52 Å². The normalized spacial score (nSPS) is 31.9. The Morgan fingerprint density at radius 3 is 2.80 bits per heavy atom. The van der Waals surface area contributed by atoms with Gasteiger partial charge < -0.3 is 5.73 Å². The Kier molecular flexibility index (Phi) is 2.64. The Balaban J connectivity index is 1.70. The molecule has 0 radical (unpaired) electrons. The fraction of sp³-hybridized carbons (Fsp3) is 0.412. The molecule has 1 aromatic carbocycles. The summed E-state index contributed by atoms with van der Waals surface area (Å²) in [6, 6.07) is 9.91. The zero-order valence-electron chi connectivity index (χ0n) is 11.3. The van der Waals surface area contributed by atoms with Gasteiger partial charge in [0.1, 0.15) is 0 Å². The summed E-state index contributed by atoms with van der Waals surface area (Å²) in [4.78, 5) is 17.2. The molecule has 4 unspecified atom stereocenters. The smallest absolute Gasteiger partial charge is 0.169 e. The number of para-hydroxylation sites is 1. The van der Waals surface area contributed by atoms with Crippen molar-refractivity contribution in [1.29, 1.82) is 0 Å². The molecule has 4 rings (SSSR count). The lowest BCUT2D eigenvalue weighted by molar-refractivity contribution is 0.0856. The maximum Gasteiger partial charge on any atom is 0.169 e. The van der Waals surface area contributed by atoms with Crippen molar-refractivity contribution in [2.24, 2.45) is 23.5 Å². The molecule has 0 amide bonds. The molecule has 2 N–H and O–H groups in total. The van der Waals surface area contributed by atoms with Crippen LogP contribution in [0.2, 0.25) is 0 Å². The molecular formula is C17H18N2O. The molecule has 0 saturated heterocycles. The second kappa shape index (κ2) is 4.38. The predicted molar refractivity (Wildman–Crippen MR) is 78.4 cm³/mol. The van der Waals surface area contributed by atoms with E-state index in [1.165, 1.54) is 6.42 Å². The fourth-order valence-corrected chi connectivity index (χ4v) is 4.12. The molecule has 0 aliphatic heterocycles. The Morgan fingerprint density at radius 2 is 2.00 bits per heavy atom. The lowest BCUT2D eigenvalue weighted by Crippen LogP contribution is -2.40. The maximum atomic E-state index is 12.8. The second-order valence-corrected chi connectivity index (χ2v) is 6.22. The summed E-state index contributed by atoms with van der Waals surface area (Å²) in [5.74, 6) is 1.26. The largest absolute Gasteiger partial charge is 0.327 e. The monoisotopic (exact) mass is 266 g/mol. The molecule has 2 saturated carbocycles. The van der Waals surface area contributed by atoms with Crippen LogP contribution in [0.25, 0.3) is 10.9 Å². The number of pyridine rings is 1. The van der Waals surface area contributed by atoms with Gasteiger partial charge in [-0.3, -0.25) is 9.78 Å². The van der Waals surface area contributed by atoms with Crippen LogP contribution < -0.4 is 5.73 Å². The topological polar surface area (TPSA) is 56.0 Å². The van der Waals surface area contributed by atoms with E-state index in [0.29, 0.717) is 11.8 Å². The standard InChI is InChI=1S/C17H18N2O/c18-16-12-6-5-11(8-12)15(16)17(20)13-7-10-3-1-2-4-14(10)19-9-13/h1-4,7,9,11-12,15-16H,5-6,8,18H2. The van der Waals surface area contributed by atoms with Gasteiger partial charge in [-0.1, -0.05) is 18.2 Å². The van der Waals surface area contributed by atoms with Gasteiger partial charge in [-0.25, -0.2) is 0 Å². The highest BCUT2D eigenvalue weighted by atomic mass is 16.1. The SMILES string of the molecule is NC1C2CCC(C2)C1C(=O)c1cnc2ccccc2c1. The number of rotatable bonds is 2. The lowest BCUT2D eigenvalue weighted by atomic mass is 9.80. The van der Waals surface area contributed by atoms with Crippen molar-refractivity contribution in [3.05, 3.63) is 42.1 Å². The molecular weight excluding hydrogens is 248 g/mol. The van der Waals surface area contributed by atoms with E-state index in [1.807, 2.05) is 30.3 Å². The predicted octanol–water partition coefficient (Wildman–Crippen LogP) is 2.79. The number of benzene rings is 1. The van der Waals surface area contributed by atoms with Crippen molar-refractivity contribution in [1.82, 2.24) is 4.98 Å². The van der Waals surface area contributed by atoms with Gasteiger partial charge in [-0.2, -0.15) is 0 Å². The van der Waals surface area contributed by atoms with E-state index in [0.717, 1.165) is 29.3 Å². The number of nitrogens with two attached hydrogens (primary N) is 1. The van der Waals surface area contributed by atoms with Gasteiger partial charge in [0.25, 0.3) is 0 Å². The summed E-state index contributed by atoms with van der Waals surface area (Å²) in [7, 11) is 0. The number of ketones is 1. The average Bonchev–Trinajstić information content (AvgIpc) is 3.07. The number of fused-ring (bicyclic) bond motifs is 3. The minimum Gasteiger partial charge on any atom is -0.327 e. The molecule has 2 bridgehead atoms. The first-order valence-electron chi connectivity index (χ1n) is 7.38. The number of hydrogen-bond acceptors (Lipinski definition) is 3. The zero-order valence-corrected chi connectivity index (χ0v) is 11.3. The summed E-state index contributed by atoms with van der Waals surface area (Å²) >= 11 is 0. The van der Waals surface area contributed by atoms with Crippen LogP contribution in [0.3, 0.4) is 0 Å². The van der Waals surface area contributed by atoms with Crippen LogP contribution in [0, 0.1) is 17.8 Å². The van der Waals surface area contributed by atoms with Crippen LogP contribution in [-0.2, 0) is 0 Å². The Hall–Kier alpha value is -1.74. The zero-order chi connectivity index (χ0) is 13.7. The van der Waals surface area contributed by atoms with Crippen LogP contribution in [0.5, 0.6) is 0 Å². The number of aromatic nitrogens is 1. The molecule has 2 fully saturated rings. The molecule has 1 heterocycles. The summed E-state index contributed by atoms with van der Waals surface area (Å²) < 4.78 is 0. The third kappa shape index (κ3) is 1.70. The molecule has 2 aliphatic rings. The van der Waals surface area contributed by atoms with E-state index < -0.39 is 0 Å². The molecule has 20 heavy (non-hydrogen) atoms. The number of carbonyl (C=O) groups is 1. The molecule has 102 valence electrons. The summed E-state index contributed by atoms with van der Waals surface area (Å²) in [6.07, 6.45) is 5.21. The molecule has 2 aromatic rings. The molecule has 2 aliphatic carbocycles. The fourth-order valence-electron chi connectivity index (χ4n) is 4.12. The van der Waals surface area contributed by atoms with E-state index in [4.69, 9.17) is 5.73 Å². The van der Waals surface area contributed by atoms with E-state index in [9.17, 15) is 4.79 Å². The number of carbonyl (C=O) groups excluding carboxylic acids is 1. The molecule has 0 spiro atoms. The van der Waals surface area contributed by atoms with E-state index >= 15 is 0 Å². The summed E-state index contributed by atoms with van der Waals surface area (Å²) in [6.45, 7) is 0. The van der Waals surface area contributed by atoms with Crippen LogP contribution in [-0.4, -0.2) is 16.8 Å². The Morgan fingerprint density at radius 1 is 1.20 bits per heavy atom. The van der Waals surface area contributed by atoms with E-state index in [2.05, 4.69) is 4.98 Å². The van der Waals surface area contributed by atoms with Gasteiger partial charge in [-0.05, 0) is 43.2 Å². The van der Waals surface area contributed by atoms with Crippen molar-refractivity contribution in [2.45, 2.75) is 25.3 Å².